The third-order valence-corrected chi connectivity index (χ3v) is 5.23. The van der Waals surface area contributed by atoms with Gasteiger partial charge in [-0.3, -0.25) is 14.4 Å². The molecule has 154 valence electrons. The Morgan fingerprint density at radius 1 is 1.04 bits per heavy atom. The molecule has 2 N–H and O–H groups in total. The van der Waals surface area contributed by atoms with Crippen molar-refractivity contribution in [2.75, 3.05) is 6.61 Å². The predicted octanol–water partition coefficient (Wildman–Crippen LogP) is 1.91. The normalized spacial score (nSPS) is 27.0. The quantitative estimate of drug-likeness (QED) is 0.532. The van der Waals surface area contributed by atoms with Gasteiger partial charge < -0.3 is 24.7 Å². The zero-order valence-corrected chi connectivity index (χ0v) is 17.2. The van der Waals surface area contributed by atoms with Crippen LogP contribution in [0, 0.1) is 0 Å². The Morgan fingerprint density at radius 2 is 1.61 bits per heavy atom. The van der Waals surface area contributed by atoms with Crippen LogP contribution >= 0.6 is 23.4 Å². The van der Waals surface area contributed by atoms with E-state index in [4.69, 9.17) is 36.3 Å². The fourth-order valence-electron chi connectivity index (χ4n) is 2.69. The molecule has 0 amide bonds. The number of hydrogen-bond acceptors (Lipinski definition) is 9. The standard InChI is InChI=1S/C18H22ClNO7S/c1-9(21)24-8-14-16(25-10(2)22)15(20)17(26-11(3)23)18(27-14)28-13-6-4-12(19)5-7-13/h4-7,14-18H,8,20H2,1-3H3. The lowest BCUT2D eigenvalue weighted by Crippen LogP contribution is -2.63. The van der Waals surface area contributed by atoms with Crippen molar-refractivity contribution >= 4 is 41.3 Å². The number of rotatable bonds is 6. The number of nitrogens with two attached hydrogens (primary N) is 1. The molecular weight excluding hydrogens is 410 g/mol. The van der Waals surface area contributed by atoms with Gasteiger partial charge in [-0.2, -0.15) is 0 Å². The van der Waals surface area contributed by atoms with Gasteiger partial charge in [-0.1, -0.05) is 23.4 Å². The molecule has 1 aliphatic heterocycles. The number of esters is 3. The molecule has 10 heteroatoms. The largest absolute Gasteiger partial charge is 0.463 e. The van der Waals surface area contributed by atoms with E-state index in [-0.39, 0.29) is 6.61 Å². The Morgan fingerprint density at radius 3 is 2.14 bits per heavy atom. The van der Waals surface area contributed by atoms with Crippen molar-refractivity contribution in [3.05, 3.63) is 29.3 Å². The van der Waals surface area contributed by atoms with Crippen LogP contribution in [0.15, 0.2) is 29.2 Å². The molecule has 0 aliphatic carbocycles. The van der Waals surface area contributed by atoms with Gasteiger partial charge in [0.1, 0.15) is 24.3 Å². The maximum atomic E-state index is 11.6. The van der Waals surface area contributed by atoms with Crippen LogP contribution in [0.4, 0.5) is 0 Å². The summed E-state index contributed by atoms with van der Waals surface area (Å²) in [7, 11) is 0. The number of hydrogen-bond donors (Lipinski definition) is 1. The number of carbonyl (C=O) groups excluding carboxylic acids is 3. The highest BCUT2D eigenvalue weighted by atomic mass is 35.5. The molecule has 1 aromatic rings. The zero-order valence-electron chi connectivity index (χ0n) is 15.6. The molecule has 1 saturated heterocycles. The van der Waals surface area contributed by atoms with Crippen molar-refractivity contribution in [2.45, 2.75) is 55.5 Å². The van der Waals surface area contributed by atoms with Crippen molar-refractivity contribution in [3.8, 4) is 0 Å². The Labute approximate surface area is 172 Å². The van der Waals surface area contributed by atoms with E-state index < -0.39 is 47.7 Å². The molecule has 1 aliphatic rings. The third kappa shape index (κ3) is 6.37. The van der Waals surface area contributed by atoms with Crippen molar-refractivity contribution < 1.29 is 33.3 Å². The third-order valence-electron chi connectivity index (χ3n) is 3.82. The van der Waals surface area contributed by atoms with Gasteiger partial charge in [-0.15, -0.1) is 0 Å². The Bertz CT molecular complexity index is 712. The van der Waals surface area contributed by atoms with Crippen LogP contribution in [0.2, 0.25) is 5.02 Å². The second-order valence-electron chi connectivity index (χ2n) is 6.14. The first-order valence-corrected chi connectivity index (χ1v) is 9.74. The molecule has 0 bridgehead atoms. The number of thioether (sulfide) groups is 1. The van der Waals surface area contributed by atoms with E-state index in [1.807, 2.05) is 0 Å². The summed E-state index contributed by atoms with van der Waals surface area (Å²) in [5.74, 6) is -1.64. The molecule has 5 unspecified atom stereocenters. The predicted molar refractivity (Wildman–Crippen MR) is 102 cm³/mol. The van der Waals surface area contributed by atoms with Gasteiger partial charge in [0.25, 0.3) is 0 Å². The summed E-state index contributed by atoms with van der Waals surface area (Å²) in [6.45, 7) is 3.57. The van der Waals surface area contributed by atoms with Gasteiger partial charge in [0.05, 0.1) is 6.04 Å². The summed E-state index contributed by atoms with van der Waals surface area (Å²) in [6, 6.07) is 6.11. The molecule has 5 atom stereocenters. The van der Waals surface area contributed by atoms with Crippen molar-refractivity contribution in [1.29, 1.82) is 0 Å². The first kappa shape index (κ1) is 22.5. The monoisotopic (exact) mass is 431 g/mol. The van der Waals surface area contributed by atoms with E-state index in [9.17, 15) is 14.4 Å². The minimum Gasteiger partial charge on any atom is -0.463 e. The topological polar surface area (TPSA) is 114 Å². The molecule has 0 radical (unpaired) electrons. The molecule has 1 aromatic carbocycles. The van der Waals surface area contributed by atoms with Gasteiger partial charge in [0.2, 0.25) is 0 Å². The smallest absolute Gasteiger partial charge is 0.303 e. The minimum absolute atomic E-state index is 0.161. The molecule has 0 aromatic heterocycles. The van der Waals surface area contributed by atoms with Gasteiger partial charge in [-0.25, -0.2) is 0 Å². The van der Waals surface area contributed by atoms with Crippen LogP contribution in [0.3, 0.4) is 0 Å². The van der Waals surface area contributed by atoms with Crippen LogP contribution in [0.25, 0.3) is 0 Å². The zero-order chi connectivity index (χ0) is 20.8. The summed E-state index contributed by atoms with van der Waals surface area (Å²) >= 11 is 7.18. The molecule has 1 fully saturated rings. The van der Waals surface area contributed by atoms with Gasteiger partial charge in [-0.05, 0) is 24.3 Å². The van der Waals surface area contributed by atoms with Gasteiger partial charge in [0.15, 0.2) is 6.10 Å². The lowest BCUT2D eigenvalue weighted by molar-refractivity contribution is -0.201. The Balaban J connectivity index is 2.28. The van der Waals surface area contributed by atoms with Crippen LogP contribution < -0.4 is 5.73 Å². The highest BCUT2D eigenvalue weighted by molar-refractivity contribution is 7.99. The fraction of sp³-hybridized carbons (Fsp3) is 0.500. The van der Waals surface area contributed by atoms with Crippen molar-refractivity contribution in [3.63, 3.8) is 0 Å². The molecular formula is C18H22ClNO7S. The van der Waals surface area contributed by atoms with Crippen LogP contribution in [0.5, 0.6) is 0 Å². The lowest BCUT2D eigenvalue weighted by atomic mass is 9.97. The van der Waals surface area contributed by atoms with Crippen LogP contribution in [-0.4, -0.2) is 54.3 Å². The van der Waals surface area contributed by atoms with Crippen LogP contribution in [0.1, 0.15) is 20.8 Å². The second-order valence-corrected chi connectivity index (χ2v) is 7.75. The summed E-state index contributed by atoms with van der Waals surface area (Å²) in [4.78, 5) is 35.1. The summed E-state index contributed by atoms with van der Waals surface area (Å²) in [5, 5.41) is 0.574. The molecule has 1 heterocycles. The average molecular weight is 432 g/mol. The molecule has 0 spiro atoms. The molecule has 0 saturated carbocycles. The number of halogens is 1. The first-order valence-electron chi connectivity index (χ1n) is 8.48. The van der Waals surface area contributed by atoms with E-state index in [0.717, 1.165) is 4.90 Å². The maximum absolute atomic E-state index is 11.6. The number of benzene rings is 1. The maximum Gasteiger partial charge on any atom is 0.303 e. The highest BCUT2D eigenvalue weighted by Gasteiger charge is 2.48. The van der Waals surface area contributed by atoms with Gasteiger partial charge >= 0.3 is 17.9 Å². The van der Waals surface area contributed by atoms with E-state index in [1.54, 1.807) is 24.3 Å². The summed E-state index contributed by atoms with van der Waals surface area (Å²) < 4.78 is 21.7. The Hall–Kier alpha value is -1.81. The minimum atomic E-state index is -0.955. The highest BCUT2D eigenvalue weighted by Crippen LogP contribution is 2.36. The van der Waals surface area contributed by atoms with Crippen molar-refractivity contribution in [2.24, 2.45) is 5.73 Å². The van der Waals surface area contributed by atoms with E-state index in [2.05, 4.69) is 0 Å². The first-order chi connectivity index (χ1) is 13.2. The number of ether oxygens (including phenoxy) is 4. The van der Waals surface area contributed by atoms with E-state index >= 15 is 0 Å². The average Bonchev–Trinajstić information content (AvgIpc) is 2.60. The second kappa shape index (κ2) is 10.1. The van der Waals surface area contributed by atoms with Crippen molar-refractivity contribution in [1.82, 2.24) is 0 Å². The summed E-state index contributed by atoms with van der Waals surface area (Å²) in [5.41, 5.74) is 5.56. The molecule has 28 heavy (non-hydrogen) atoms. The fourth-order valence-corrected chi connectivity index (χ4v) is 3.95. The number of carbonyl (C=O) groups is 3. The van der Waals surface area contributed by atoms with Crippen LogP contribution in [-0.2, 0) is 33.3 Å². The van der Waals surface area contributed by atoms with E-state index in [1.165, 1.54) is 32.5 Å². The summed E-state index contributed by atoms with van der Waals surface area (Å²) in [6.07, 6.45) is -2.67. The lowest BCUT2D eigenvalue weighted by Gasteiger charge is -2.43. The SMILES string of the molecule is CC(=O)OCC1OC(Sc2ccc(Cl)cc2)C(OC(C)=O)C(N)C1OC(C)=O. The van der Waals surface area contributed by atoms with E-state index in [0.29, 0.717) is 5.02 Å². The van der Waals surface area contributed by atoms with Gasteiger partial charge in [0, 0.05) is 30.7 Å². The molecule has 8 nitrogen and oxygen atoms in total. The Kier molecular flexibility index (Phi) is 8.11. The molecule has 2 rings (SSSR count).